The van der Waals surface area contributed by atoms with Crippen LogP contribution < -0.4 is 10.3 Å². The molecule has 3 rings (SSSR count). The summed E-state index contributed by atoms with van der Waals surface area (Å²) in [5.41, 5.74) is -1.07. The molecule has 1 unspecified atom stereocenters. The molecule has 0 radical (unpaired) electrons. The topological polar surface area (TPSA) is 65.2 Å². The van der Waals surface area contributed by atoms with Gasteiger partial charge in [0.1, 0.15) is 24.0 Å². The summed E-state index contributed by atoms with van der Waals surface area (Å²) in [4.78, 5) is 19.3. The summed E-state index contributed by atoms with van der Waals surface area (Å²) in [6, 6.07) is 3.81. The lowest BCUT2D eigenvalue weighted by atomic mass is 10.1. The second kappa shape index (κ2) is 10.2. The van der Waals surface area contributed by atoms with E-state index in [1.807, 2.05) is 32.8 Å². The van der Waals surface area contributed by atoms with Crippen LogP contribution in [0.5, 0.6) is 5.75 Å². The van der Waals surface area contributed by atoms with E-state index in [0.29, 0.717) is 6.54 Å². The smallest absolute Gasteiger partial charge is 0.296 e. The number of hydrogen-bond acceptors (Lipinski definition) is 5. The molecule has 0 spiro atoms. The molecule has 0 N–H and O–H groups in total. The van der Waals surface area contributed by atoms with Crippen molar-refractivity contribution < 1.29 is 13.5 Å². The fraction of sp³-hybridized carbons (Fsp3) is 0.409. The van der Waals surface area contributed by atoms with Crippen molar-refractivity contribution in [2.75, 3.05) is 27.2 Å². The van der Waals surface area contributed by atoms with Gasteiger partial charge in [0.2, 0.25) is 5.82 Å². The van der Waals surface area contributed by atoms with Crippen LogP contribution in [0.1, 0.15) is 20.3 Å². The molecule has 0 aliphatic heterocycles. The van der Waals surface area contributed by atoms with Crippen LogP contribution in [0.4, 0.5) is 8.78 Å². The number of rotatable bonds is 9. The minimum absolute atomic E-state index is 0.0449. The highest BCUT2D eigenvalue weighted by Gasteiger charge is 2.25. The van der Waals surface area contributed by atoms with Crippen molar-refractivity contribution in [2.45, 2.75) is 26.8 Å². The lowest BCUT2D eigenvalue weighted by Crippen LogP contribution is -2.30. The van der Waals surface area contributed by atoms with Gasteiger partial charge >= 0.3 is 0 Å². The molecular formula is C22H26ClF2N5O2. The fourth-order valence-electron chi connectivity index (χ4n) is 3.13. The van der Waals surface area contributed by atoms with E-state index in [2.05, 4.69) is 10.1 Å². The van der Waals surface area contributed by atoms with Crippen molar-refractivity contribution >= 4 is 11.6 Å². The Morgan fingerprint density at radius 1 is 1.25 bits per heavy atom. The second-order valence-corrected chi connectivity index (χ2v) is 8.23. The SMILES string of the molecule is CCC(C)Cn1c(-c2c(F)cc(OCCN(C)C)cc2F)c(Cl)nc(-n2cccn2)c1=O. The zero-order chi connectivity index (χ0) is 23.4. The first-order chi connectivity index (χ1) is 15.2. The van der Waals surface area contributed by atoms with E-state index < -0.39 is 22.8 Å². The monoisotopic (exact) mass is 465 g/mol. The normalized spacial score (nSPS) is 12.4. The third-order valence-electron chi connectivity index (χ3n) is 5.08. The Kier molecular flexibility index (Phi) is 7.63. The third kappa shape index (κ3) is 5.16. The number of aromatic nitrogens is 4. The van der Waals surface area contributed by atoms with Crippen LogP contribution in [0, 0.1) is 17.6 Å². The Balaban J connectivity index is 2.14. The van der Waals surface area contributed by atoms with Crippen LogP contribution in [0.3, 0.4) is 0 Å². The fourth-order valence-corrected chi connectivity index (χ4v) is 3.41. The molecule has 0 aliphatic rings. The molecule has 0 saturated heterocycles. The van der Waals surface area contributed by atoms with Crippen LogP contribution >= 0.6 is 11.6 Å². The van der Waals surface area contributed by atoms with E-state index in [0.717, 1.165) is 18.6 Å². The molecule has 10 heteroatoms. The average Bonchev–Trinajstić information content (AvgIpc) is 3.26. The largest absolute Gasteiger partial charge is 0.492 e. The molecule has 3 aromatic rings. The molecule has 0 fully saturated rings. The van der Waals surface area contributed by atoms with Gasteiger partial charge < -0.3 is 14.2 Å². The number of halogens is 3. The molecule has 2 aromatic heterocycles. The maximum absolute atomic E-state index is 15.1. The van der Waals surface area contributed by atoms with Gasteiger partial charge in [-0.3, -0.25) is 4.79 Å². The van der Waals surface area contributed by atoms with Gasteiger partial charge in [0, 0.05) is 37.6 Å². The maximum Gasteiger partial charge on any atom is 0.296 e. The van der Waals surface area contributed by atoms with Crippen molar-refractivity contribution in [3.63, 3.8) is 0 Å². The first kappa shape index (κ1) is 23.9. The average molecular weight is 466 g/mol. The Bertz CT molecular complexity index is 1110. The van der Waals surface area contributed by atoms with Crippen LogP contribution in [-0.2, 0) is 6.54 Å². The number of ether oxygens (including phenoxy) is 1. The first-order valence-corrected chi connectivity index (χ1v) is 10.7. The van der Waals surface area contributed by atoms with Gasteiger partial charge in [0.25, 0.3) is 5.56 Å². The second-order valence-electron chi connectivity index (χ2n) is 7.87. The summed E-state index contributed by atoms with van der Waals surface area (Å²) in [6.45, 7) is 4.97. The molecule has 172 valence electrons. The van der Waals surface area contributed by atoms with Crippen molar-refractivity contribution in [1.82, 2.24) is 24.2 Å². The van der Waals surface area contributed by atoms with Crippen molar-refractivity contribution in [1.29, 1.82) is 0 Å². The Labute approximate surface area is 190 Å². The summed E-state index contributed by atoms with van der Waals surface area (Å²) in [5, 5.41) is 3.84. The molecule has 7 nitrogen and oxygen atoms in total. The molecule has 32 heavy (non-hydrogen) atoms. The molecule has 1 atom stereocenters. The van der Waals surface area contributed by atoms with Crippen molar-refractivity contribution in [3.05, 3.63) is 57.7 Å². The summed E-state index contributed by atoms with van der Waals surface area (Å²) in [6.07, 6.45) is 3.80. The molecule has 1 aromatic carbocycles. The number of hydrogen-bond donors (Lipinski definition) is 0. The minimum atomic E-state index is -0.891. The predicted molar refractivity (Wildman–Crippen MR) is 119 cm³/mol. The van der Waals surface area contributed by atoms with E-state index in [9.17, 15) is 4.79 Å². The minimum Gasteiger partial charge on any atom is -0.492 e. The van der Waals surface area contributed by atoms with Crippen LogP contribution in [0.15, 0.2) is 35.4 Å². The van der Waals surface area contributed by atoms with Crippen molar-refractivity contribution in [3.8, 4) is 22.8 Å². The molecule has 0 bridgehead atoms. The Morgan fingerprint density at radius 3 is 2.50 bits per heavy atom. The van der Waals surface area contributed by atoms with Gasteiger partial charge in [-0.2, -0.15) is 5.10 Å². The van der Waals surface area contributed by atoms with Gasteiger partial charge in [-0.25, -0.2) is 18.4 Å². The quantitative estimate of drug-likeness (QED) is 0.477. The predicted octanol–water partition coefficient (Wildman–Crippen LogP) is 4.01. The highest BCUT2D eigenvalue weighted by atomic mass is 35.5. The van der Waals surface area contributed by atoms with Crippen LogP contribution in [-0.4, -0.2) is 51.5 Å². The summed E-state index contributed by atoms with van der Waals surface area (Å²) in [5.74, 6) is -1.72. The number of nitrogens with zero attached hydrogens (tertiary/aromatic N) is 5. The van der Waals surface area contributed by atoms with Gasteiger partial charge in [-0.15, -0.1) is 0 Å². The number of benzene rings is 1. The Morgan fingerprint density at radius 2 is 1.94 bits per heavy atom. The molecular weight excluding hydrogens is 440 g/mol. The van der Waals surface area contributed by atoms with Gasteiger partial charge in [0.15, 0.2) is 5.15 Å². The lowest BCUT2D eigenvalue weighted by Gasteiger charge is -2.20. The van der Waals surface area contributed by atoms with Crippen LogP contribution in [0.2, 0.25) is 5.15 Å². The summed E-state index contributed by atoms with van der Waals surface area (Å²) in [7, 11) is 3.73. The lowest BCUT2D eigenvalue weighted by molar-refractivity contribution is 0.259. The molecule has 0 amide bonds. The summed E-state index contributed by atoms with van der Waals surface area (Å²) >= 11 is 6.40. The van der Waals surface area contributed by atoms with E-state index in [1.165, 1.54) is 15.4 Å². The van der Waals surface area contributed by atoms with Crippen LogP contribution in [0.25, 0.3) is 17.1 Å². The zero-order valence-corrected chi connectivity index (χ0v) is 19.2. The highest BCUT2D eigenvalue weighted by Crippen LogP contribution is 2.34. The molecule has 2 heterocycles. The highest BCUT2D eigenvalue weighted by molar-refractivity contribution is 6.31. The van der Waals surface area contributed by atoms with E-state index in [1.54, 1.807) is 12.3 Å². The first-order valence-electron chi connectivity index (χ1n) is 10.3. The standard InChI is InChI=1S/C22H26ClF2N5O2/c1-5-14(2)13-29-19(20(23)27-21(22(29)31)30-8-6-7-26-30)18-16(24)11-15(12-17(18)25)32-10-9-28(3)4/h6-8,11-12,14H,5,9-10,13H2,1-4H3. The van der Waals surface area contributed by atoms with Gasteiger partial charge in [0.05, 0.1) is 11.3 Å². The van der Waals surface area contributed by atoms with Gasteiger partial charge in [-0.1, -0.05) is 31.9 Å². The third-order valence-corrected chi connectivity index (χ3v) is 5.34. The zero-order valence-electron chi connectivity index (χ0n) is 18.5. The van der Waals surface area contributed by atoms with E-state index in [4.69, 9.17) is 16.3 Å². The Hall–Kier alpha value is -2.78. The molecule has 0 saturated carbocycles. The molecule has 0 aliphatic carbocycles. The number of likely N-dealkylation sites (N-methyl/N-ethyl adjacent to an activating group) is 1. The maximum atomic E-state index is 15.1. The van der Waals surface area contributed by atoms with Gasteiger partial charge in [-0.05, 0) is 26.1 Å². The van der Waals surface area contributed by atoms with E-state index in [-0.39, 0.29) is 41.5 Å². The van der Waals surface area contributed by atoms with Crippen molar-refractivity contribution in [2.24, 2.45) is 5.92 Å². The summed E-state index contributed by atoms with van der Waals surface area (Å²) < 4.78 is 38.2. The van der Waals surface area contributed by atoms with E-state index >= 15 is 8.78 Å².